The molecule has 0 unspecified atom stereocenters. The maximum absolute atomic E-state index is 12.3. The Morgan fingerprint density at radius 2 is 2.00 bits per heavy atom. The van der Waals surface area contributed by atoms with Gasteiger partial charge in [0.25, 0.3) is 0 Å². The van der Waals surface area contributed by atoms with Crippen LogP contribution in [-0.2, 0) is 10.0 Å². The number of rotatable bonds is 7. The van der Waals surface area contributed by atoms with E-state index in [1.165, 1.54) is 6.42 Å². The van der Waals surface area contributed by atoms with Crippen LogP contribution < -0.4 is 10.0 Å². The first-order valence-electron chi connectivity index (χ1n) is 6.96. The third-order valence-corrected chi connectivity index (χ3v) is 5.01. The van der Waals surface area contributed by atoms with Gasteiger partial charge in [0.1, 0.15) is 4.90 Å². The fraction of sp³-hybridized carbons (Fsp3) is 0.571. The molecule has 1 aromatic carbocycles. The van der Waals surface area contributed by atoms with Crippen molar-refractivity contribution in [3.63, 3.8) is 0 Å². The van der Waals surface area contributed by atoms with E-state index in [-0.39, 0.29) is 0 Å². The summed E-state index contributed by atoms with van der Waals surface area (Å²) in [4.78, 5) is 0.350. The second-order valence-electron chi connectivity index (χ2n) is 5.07. The van der Waals surface area contributed by atoms with Gasteiger partial charge in [0.05, 0.1) is 5.69 Å². The molecule has 0 saturated heterocycles. The van der Waals surface area contributed by atoms with Crippen molar-refractivity contribution < 1.29 is 8.42 Å². The van der Waals surface area contributed by atoms with Crippen LogP contribution in [0.5, 0.6) is 0 Å². The lowest BCUT2D eigenvalue weighted by atomic mass is 9.86. The predicted octanol–water partition coefficient (Wildman–Crippen LogP) is 2.59. The quantitative estimate of drug-likeness (QED) is 0.808. The van der Waals surface area contributed by atoms with E-state index in [0.717, 1.165) is 25.8 Å². The summed E-state index contributed by atoms with van der Waals surface area (Å²) in [6.07, 6.45) is 4.46. The molecule has 0 heterocycles. The molecule has 2 N–H and O–H groups in total. The monoisotopic (exact) mass is 282 g/mol. The van der Waals surface area contributed by atoms with Crippen LogP contribution in [0, 0.1) is 5.92 Å². The molecule has 1 aromatic rings. The molecular formula is C14H22N2O2S. The zero-order valence-electron chi connectivity index (χ0n) is 11.4. The van der Waals surface area contributed by atoms with Crippen LogP contribution >= 0.6 is 0 Å². The molecular weight excluding hydrogens is 260 g/mol. The lowest BCUT2D eigenvalue weighted by molar-refractivity contribution is 0.316. The maximum Gasteiger partial charge on any atom is 0.242 e. The first-order chi connectivity index (χ1) is 9.13. The van der Waals surface area contributed by atoms with Crippen molar-refractivity contribution in [2.75, 3.05) is 18.4 Å². The maximum atomic E-state index is 12.3. The molecule has 1 aliphatic carbocycles. The summed E-state index contributed by atoms with van der Waals surface area (Å²) < 4.78 is 27.3. The van der Waals surface area contributed by atoms with Gasteiger partial charge in [-0.3, -0.25) is 0 Å². The second-order valence-corrected chi connectivity index (χ2v) is 6.81. The number of nitrogens with one attached hydrogen (secondary N) is 2. The van der Waals surface area contributed by atoms with Gasteiger partial charge in [0.2, 0.25) is 10.0 Å². The van der Waals surface area contributed by atoms with Crippen molar-refractivity contribution >= 4 is 15.7 Å². The highest BCUT2D eigenvalue weighted by atomic mass is 32.2. The Morgan fingerprint density at radius 3 is 2.63 bits per heavy atom. The van der Waals surface area contributed by atoms with Crippen molar-refractivity contribution in [3.05, 3.63) is 24.3 Å². The van der Waals surface area contributed by atoms with Gasteiger partial charge in [0.15, 0.2) is 0 Å². The molecule has 0 radical (unpaired) electrons. The zero-order valence-corrected chi connectivity index (χ0v) is 12.2. The largest absolute Gasteiger partial charge is 0.384 e. The van der Waals surface area contributed by atoms with Gasteiger partial charge < -0.3 is 5.32 Å². The molecule has 0 amide bonds. The van der Waals surface area contributed by atoms with Crippen molar-refractivity contribution in [1.82, 2.24) is 4.72 Å². The highest BCUT2D eigenvalue weighted by Crippen LogP contribution is 2.26. The van der Waals surface area contributed by atoms with Gasteiger partial charge in [-0.05, 0) is 37.3 Å². The number of hydrogen-bond acceptors (Lipinski definition) is 3. The molecule has 1 aliphatic rings. The summed E-state index contributed by atoms with van der Waals surface area (Å²) in [5.41, 5.74) is 0.686. The molecule has 0 spiro atoms. The average molecular weight is 282 g/mol. The summed E-state index contributed by atoms with van der Waals surface area (Å²) >= 11 is 0. The number of anilines is 1. The van der Waals surface area contributed by atoms with Crippen molar-refractivity contribution in [2.24, 2.45) is 5.92 Å². The summed E-state index contributed by atoms with van der Waals surface area (Å²) in [5, 5.41) is 3.17. The van der Waals surface area contributed by atoms with Crippen molar-refractivity contribution in [1.29, 1.82) is 0 Å². The molecule has 0 aliphatic heterocycles. The van der Waals surface area contributed by atoms with Gasteiger partial charge in [-0.25, -0.2) is 13.1 Å². The van der Waals surface area contributed by atoms with Gasteiger partial charge >= 0.3 is 0 Å². The van der Waals surface area contributed by atoms with E-state index in [4.69, 9.17) is 0 Å². The Balaban J connectivity index is 2.09. The van der Waals surface area contributed by atoms with Gasteiger partial charge in [-0.1, -0.05) is 25.5 Å². The minimum Gasteiger partial charge on any atom is -0.384 e. The minimum atomic E-state index is -3.41. The first-order valence-corrected chi connectivity index (χ1v) is 8.44. The van der Waals surface area contributed by atoms with Crippen LogP contribution in [0.3, 0.4) is 0 Å². The predicted molar refractivity (Wildman–Crippen MR) is 77.8 cm³/mol. The number of benzene rings is 1. The van der Waals surface area contributed by atoms with Crippen LogP contribution in [-0.4, -0.2) is 21.5 Å². The Hall–Kier alpha value is -1.07. The Bertz CT molecular complexity index is 510. The van der Waals surface area contributed by atoms with Crippen LogP contribution in [0.25, 0.3) is 0 Å². The normalized spacial score (nSPS) is 16.1. The highest BCUT2D eigenvalue weighted by molar-refractivity contribution is 7.89. The molecule has 1 saturated carbocycles. The summed E-state index contributed by atoms with van der Waals surface area (Å²) in [7, 11) is -3.41. The molecule has 0 aromatic heterocycles. The van der Waals surface area contributed by atoms with E-state index in [0.29, 0.717) is 23.0 Å². The molecule has 5 heteroatoms. The molecule has 1 fully saturated rings. The minimum absolute atomic E-state index is 0.350. The number of sulfonamides is 1. The molecule has 2 rings (SSSR count). The van der Waals surface area contributed by atoms with Crippen molar-refractivity contribution in [2.45, 2.75) is 37.5 Å². The summed E-state index contributed by atoms with van der Waals surface area (Å²) in [5.74, 6) is 0.519. The third-order valence-electron chi connectivity index (χ3n) is 3.53. The molecule has 106 valence electrons. The Morgan fingerprint density at radius 1 is 1.26 bits per heavy atom. The summed E-state index contributed by atoms with van der Waals surface area (Å²) in [6.45, 7) is 3.39. The lowest BCUT2D eigenvalue weighted by Crippen LogP contribution is -2.32. The third kappa shape index (κ3) is 3.70. The SMILES string of the molecule is CCCNc1ccccc1S(=O)(=O)NCC1CCC1. The van der Waals surface area contributed by atoms with Gasteiger partial charge in [0, 0.05) is 13.1 Å². The van der Waals surface area contributed by atoms with E-state index < -0.39 is 10.0 Å². The van der Waals surface area contributed by atoms with Gasteiger partial charge in [-0.2, -0.15) is 0 Å². The van der Waals surface area contributed by atoms with E-state index in [9.17, 15) is 8.42 Å². The van der Waals surface area contributed by atoms with Gasteiger partial charge in [-0.15, -0.1) is 0 Å². The Labute approximate surface area is 115 Å². The van der Waals surface area contributed by atoms with E-state index in [1.807, 2.05) is 12.1 Å². The topological polar surface area (TPSA) is 58.2 Å². The van der Waals surface area contributed by atoms with Crippen LogP contribution in [0.1, 0.15) is 32.6 Å². The second kappa shape index (κ2) is 6.39. The van der Waals surface area contributed by atoms with E-state index in [1.54, 1.807) is 12.1 Å². The molecule has 0 atom stereocenters. The average Bonchev–Trinajstić information content (AvgIpc) is 2.34. The standard InChI is InChI=1S/C14H22N2O2S/c1-2-10-15-13-8-3-4-9-14(13)19(17,18)16-11-12-6-5-7-12/h3-4,8-9,12,15-16H,2,5-7,10-11H2,1H3. The fourth-order valence-electron chi connectivity index (χ4n) is 2.11. The lowest BCUT2D eigenvalue weighted by Gasteiger charge is -2.25. The highest BCUT2D eigenvalue weighted by Gasteiger charge is 2.22. The summed E-state index contributed by atoms with van der Waals surface area (Å²) in [6, 6.07) is 7.08. The van der Waals surface area contributed by atoms with E-state index in [2.05, 4.69) is 17.0 Å². The number of hydrogen-bond donors (Lipinski definition) is 2. The first kappa shape index (κ1) is 14.3. The van der Waals surface area contributed by atoms with Crippen LogP contribution in [0.4, 0.5) is 5.69 Å². The molecule has 4 nitrogen and oxygen atoms in total. The van der Waals surface area contributed by atoms with Crippen molar-refractivity contribution in [3.8, 4) is 0 Å². The Kier molecular flexibility index (Phi) is 4.82. The molecule has 0 bridgehead atoms. The molecule has 19 heavy (non-hydrogen) atoms. The van der Waals surface area contributed by atoms with Crippen LogP contribution in [0.15, 0.2) is 29.2 Å². The fourth-order valence-corrected chi connectivity index (χ4v) is 3.41. The van der Waals surface area contributed by atoms with Crippen LogP contribution in [0.2, 0.25) is 0 Å². The zero-order chi connectivity index (χ0) is 13.7. The smallest absolute Gasteiger partial charge is 0.242 e. The number of para-hydroxylation sites is 1. The van der Waals surface area contributed by atoms with E-state index >= 15 is 0 Å².